The quantitative estimate of drug-likeness (QED) is 0.383. The molecule has 0 atom stereocenters. The number of halogens is 1. The Kier molecular flexibility index (Phi) is 8.00. The first-order chi connectivity index (χ1) is 17.1. The third kappa shape index (κ3) is 5.66. The molecule has 1 aromatic heterocycles. The second-order valence-corrected chi connectivity index (χ2v) is 9.36. The highest BCUT2D eigenvalue weighted by atomic mass is 32.2. The van der Waals surface area contributed by atoms with Crippen molar-refractivity contribution in [2.75, 3.05) is 49.1 Å². The number of nitrogens with one attached hydrogen (secondary N) is 2. The maximum atomic E-state index is 14.7. The minimum Gasteiger partial charge on any atom is -0.493 e. The van der Waals surface area contributed by atoms with Crippen LogP contribution in [0.4, 0.5) is 33.2 Å². The molecular formula is C23H25FN6O5S. The Balaban J connectivity index is 2.00. The monoisotopic (exact) mass is 516 g/mol. The molecular weight excluding hydrogens is 491 g/mol. The van der Waals surface area contributed by atoms with Crippen molar-refractivity contribution >= 4 is 38.9 Å². The molecule has 0 unspecified atom stereocenters. The molecule has 0 amide bonds. The molecule has 190 valence electrons. The van der Waals surface area contributed by atoms with Crippen molar-refractivity contribution in [3.63, 3.8) is 0 Å². The predicted octanol–water partition coefficient (Wildman–Crippen LogP) is 3.73. The summed E-state index contributed by atoms with van der Waals surface area (Å²) in [5.74, 6) is 0.235. The number of hydrogen-bond acceptors (Lipinski definition) is 10. The lowest BCUT2D eigenvalue weighted by Crippen LogP contribution is -2.31. The zero-order chi connectivity index (χ0) is 26.5. The first-order valence-corrected chi connectivity index (χ1v) is 12.3. The summed E-state index contributed by atoms with van der Waals surface area (Å²) in [6, 6.07) is 10.0. The van der Waals surface area contributed by atoms with Gasteiger partial charge in [0.15, 0.2) is 23.1 Å². The van der Waals surface area contributed by atoms with Crippen molar-refractivity contribution in [1.82, 2.24) is 9.97 Å². The van der Waals surface area contributed by atoms with E-state index >= 15 is 0 Å². The summed E-state index contributed by atoms with van der Waals surface area (Å²) in [6.07, 6.45) is 1.96. The van der Waals surface area contributed by atoms with Crippen molar-refractivity contribution < 1.29 is 27.0 Å². The van der Waals surface area contributed by atoms with Crippen LogP contribution in [0, 0.1) is 24.1 Å². The molecule has 36 heavy (non-hydrogen) atoms. The minimum atomic E-state index is -3.80. The number of aryl methyl sites for hydroxylation is 1. The molecule has 2 N–H and O–H groups in total. The van der Waals surface area contributed by atoms with Crippen LogP contribution in [0.1, 0.15) is 5.56 Å². The number of ether oxygens (including phenoxy) is 3. The van der Waals surface area contributed by atoms with Crippen LogP contribution in [0.5, 0.6) is 17.2 Å². The van der Waals surface area contributed by atoms with Crippen molar-refractivity contribution in [3.8, 4) is 23.3 Å². The van der Waals surface area contributed by atoms with Gasteiger partial charge in [-0.2, -0.15) is 10.2 Å². The van der Waals surface area contributed by atoms with E-state index in [0.717, 1.165) is 16.8 Å². The topological polar surface area (TPSA) is 139 Å². The Labute approximate surface area is 208 Å². The number of hydrogen-bond donors (Lipinski definition) is 2. The second-order valence-electron chi connectivity index (χ2n) is 7.45. The number of benzene rings is 2. The number of anilines is 5. The summed E-state index contributed by atoms with van der Waals surface area (Å²) in [5.41, 5.74) is 1.49. The van der Waals surface area contributed by atoms with E-state index in [-0.39, 0.29) is 23.1 Å². The van der Waals surface area contributed by atoms with E-state index in [1.807, 2.05) is 6.07 Å². The van der Waals surface area contributed by atoms with Gasteiger partial charge in [-0.15, -0.1) is 0 Å². The molecule has 3 aromatic rings. The van der Waals surface area contributed by atoms with Gasteiger partial charge in [-0.3, -0.25) is 4.31 Å². The Hall–Kier alpha value is -4.31. The molecule has 0 saturated heterocycles. The number of methoxy groups -OCH3 is 3. The Morgan fingerprint density at radius 3 is 2.33 bits per heavy atom. The number of sulfonamides is 1. The van der Waals surface area contributed by atoms with E-state index in [1.54, 1.807) is 37.3 Å². The first kappa shape index (κ1) is 26.3. The lowest BCUT2D eigenvalue weighted by Gasteiger charge is -2.24. The molecule has 0 saturated carbocycles. The smallest absolute Gasteiger partial charge is 0.233 e. The van der Waals surface area contributed by atoms with Crippen LogP contribution in [0.2, 0.25) is 0 Å². The fraction of sp³-hybridized carbons (Fsp3) is 0.261. The average molecular weight is 517 g/mol. The van der Waals surface area contributed by atoms with E-state index < -0.39 is 22.4 Å². The molecule has 13 heteroatoms. The van der Waals surface area contributed by atoms with Gasteiger partial charge in [0.1, 0.15) is 6.54 Å². The van der Waals surface area contributed by atoms with E-state index in [2.05, 4.69) is 20.6 Å². The molecule has 0 bridgehead atoms. The lowest BCUT2D eigenvalue weighted by molar-refractivity contribution is 0.324. The molecule has 11 nitrogen and oxygen atoms in total. The SMILES string of the molecule is COc1cc(Nc2ncc(F)c(Nc3cccc(C)c3N(CC#N)S(C)(=O)=O)n2)cc(OC)c1OC. The molecule has 1 heterocycles. The summed E-state index contributed by atoms with van der Waals surface area (Å²) >= 11 is 0. The number of nitrogens with zero attached hydrogens (tertiary/aromatic N) is 4. The van der Waals surface area contributed by atoms with Crippen LogP contribution in [0.3, 0.4) is 0 Å². The normalized spacial score (nSPS) is 10.8. The van der Waals surface area contributed by atoms with E-state index in [0.29, 0.717) is 28.5 Å². The van der Waals surface area contributed by atoms with Crippen LogP contribution < -0.4 is 29.1 Å². The fourth-order valence-corrected chi connectivity index (χ4v) is 4.31. The molecule has 0 aliphatic rings. The fourth-order valence-electron chi connectivity index (χ4n) is 3.44. The number of nitriles is 1. The number of rotatable bonds is 10. The molecule has 2 aromatic carbocycles. The summed E-state index contributed by atoms with van der Waals surface area (Å²) in [7, 11) is 0.635. The molecule has 0 fully saturated rings. The van der Waals surface area contributed by atoms with Crippen LogP contribution >= 0.6 is 0 Å². The van der Waals surface area contributed by atoms with Crippen molar-refractivity contribution in [2.24, 2.45) is 0 Å². The third-order valence-corrected chi connectivity index (χ3v) is 6.13. The Morgan fingerprint density at radius 1 is 1.11 bits per heavy atom. The van der Waals surface area contributed by atoms with Crippen LogP contribution in [0.25, 0.3) is 0 Å². The molecule has 0 aliphatic carbocycles. The van der Waals surface area contributed by atoms with E-state index in [4.69, 9.17) is 14.2 Å². The van der Waals surface area contributed by atoms with E-state index in [9.17, 15) is 18.1 Å². The number of para-hydroxylation sites is 1. The highest BCUT2D eigenvalue weighted by Crippen LogP contribution is 2.40. The maximum absolute atomic E-state index is 14.7. The van der Waals surface area contributed by atoms with Crippen molar-refractivity contribution in [1.29, 1.82) is 5.26 Å². The zero-order valence-corrected chi connectivity index (χ0v) is 21.1. The molecule has 0 aliphatic heterocycles. The van der Waals surface area contributed by atoms with Gasteiger partial charge in [0.25, 0.3) is 0 Å². The van der Waals surface area contributed by atoms with Crippen LogP contribution in [0.15, 0.2) is 36.5 Å². The van der Waals surface area contributed by atoms with Gasteiger partial charge in [0.05, 0.1) is 51.2 Å². The summed E-state index contributed by atoms with van der Waals surface area (Å²) < 4.78 is 56.3. The number of aromatic nitrogens is 2. The maximum Gasteiger partial charge on any atom is 0.233 e. The average Bonchev–Trinajstić information content (AvgIpc) is 2.84. The Bertz CT molecular complexity index is 1390. The van der Waals surface area contributed by atoms with Gasteiger partial charge >= 0.3 is 0 Å². The van der Waals surface area contributed by atoms with Gasteiger partial charge in [0, 0.05) is 17.8 Å². The summed E-state index contributed by atoms with van der Waals surface area (Å²) in [4.78, 5) is 8.17. The van der Waals surface area contributed by atoms with Crippen molar-refractivity contribution in [3.05, 3.63) is 47.9 Å². The minimum absolute atomic E-state index is 0.0411. The predicted molar refractivity (Wildman–Crippen MR) is 134 cm³/mol. The summed E-state index contributed by atoms with van der Waals surface area (Å²) in [6.45, 7) is 1.27. The van der Waals surface area contributed by atoms with Gasteiger partial charge < -0.3 is 24.8 Å². The second kappa shape index (κ2) is 11.0. The van der Waals surface area contributed by atoms with E-state index in [1.165, 1.54) is 21.3 Å². The van der Waals surface area contributed by atoms with Crippen LogP contribution in [-0.4, -0.2) is 52.5 Å². The lowest BCUT2D eigenvalue weighted by atomic mass is 10.1. The molecule has 0 spiro atoms. The van der Waals surface area contributed by atoms with Gasteiger partial charge in [-0.25, -0.2) is 17.8 Å². The third-order valence-electron chi connectivity index (χ3n) is 5.02. The summed E-state index contributed by atoms with van der Waals surface area (Å²) in [5, 5.41) is 15.0. The van der Waals surface area contributed by atoms with Gasteiger partial charge in [-0.05, 0) is 18.6 Å². The Morgan fingerprint density at radius 2 is 1.78 bits per heavy atom. The zero-order valence-electron chi connectivity index (χ0n) is 20.3. The standard InChI is InChI=1S/C23H25FN6O5S/c1-14-7-6-8-17(20(14)30(10-9-25)36(5,31)32)28-22-16(24)13-26-23(29-22)27-15-11-18(33-2)21(35-4)19(12-15)34-3/h6-8,11-13H,10H2,1-5H3,(H2,26,27,28,29). The first-order valence-electron chi connectivity index (χ1n) is 10.4. The highest BCUT2D eigenvalue weighted by molar-refractivity contribution is 7.92. The largest absolute Gasteiger partial charge is 0.493 e. The van der Waals surface area contributed by atoms with Crippen molar-refractivity contribution in [2.45, 2.75) is 6.92 Å². The van der Waals surface area contributed by atoms with Gasteiger partial charge in [-0.1, -0.05) is 12.1 Å². The molecule has 3 rings (SSSR count). The highest BCUT2D eigenvalue weighted by Gasteiger charge is 2.23. The van der Waals surface area contributed by atoms with Gasteiger partial charge in [0.2, 0.25) is 21.7 Å². The van der Waals surface area contributed by atoms with Crippen LogP contribution in [-0.2, 0) is 10.0 Å². The molecule has 0 radical (unpaired) electrons.